The molecule has 1 saturated heterocycles. The first-order valence-electron chi connectivity index (χ1n) is 6.94. The number of rotatable bonds is 4. The average molecular weight is 264 g/mol. The molecule has 2 rings (SSSR count). The zero-order valence-corrected chi connectivity index (χ0v) is 11.8. The van der Waals surface area contributed by atoms with E-state index in [9.17, 15) is 5.11 Å². The third kappa shape index (κ3) is 3.39. The first-order valence-corrected chi connectivity index (χ1v) is 6.94. The number of nitrogens with two attached hydrogens (primary N) is 1. The summed E-state index contributed by atoms with van der Waals surface area (Å²) in [6.45, 7) is 4.77. The largest absolute Gasteiger partial charge is 0.507 e. The Bertz CT molecular complexity index is 423. The SMILES string of the molecule is COc1ccc(CN2CCC(C)CC2CN)c(O)c1. The number of phenolic OH excluding ortho intramolecular Hbond substituents is 1. The monoisotopic (exact) mass is 264 g/mol. The molecule has 2 atom stereocenters. The summed E-state index contributed by atoms with van der Waals surface area (Å²) in [6.07, 6.45) is 2.35. The van der Waals surface area contributed by atoms with E-state index < -0.39 is 0 Å². The number of nitrogens with zero attached hydrogens (tertiary/aromatic N) is 1. The quantitative estimate of drug-likeness (QED) is 0.873. The van der Waals surface area contributed by atoms with Crippen LogP contribution in [0.5, 0.6) is 11.5 Å². The van der Waals surface area contributed by atoms with Crippen molar-refractivity contribution in [2.45, 2.75) is 32.4 Å². The van der Waals surface area contributed by atoms with Crippen molar-refractivity contribution in [3.8, 4) is 11.5 Å². The number of aromatic hydroxyl groups is 1. The van der Waals surface area contributed by atoms with Gasteiger partial charge in [-0.15, -0.1) is 0 Å². The maximum Gasteiger partial charge on any atom is 0.123 e. The van der Waals surface area contributed by atoms with E-state index in [1.165, 1.54) is 6.42 Å². The standard InChI is InChI=1S/C15H24N2O2/c1-11-5-6-17(13(7-11)9-16)10-12-3-4-14(19-2)8-15(12)18/h3-4,8,11,13,18H,5-7,9-10,16H2,1-2H3. The topological polar surface area (TPSA) is 58.7 Å². The highest BCUT2D eigenvalue weighted by Crippen LogP contribution is 2.28. The third-order valence-corrected chi connectivity index (χ3v) is 4.04. The molecule has 1 aromatic rings. The Labute approximate surface area is 115 Å². The zero-order valence-electron chi connectivity index (χ0n) is 11.8. The molecule has 19 heavy (non-hydrogen) atoms. The Balaban J connectivity index is 2.07. The molecule has 0 aliphatic carbocycles. The van der Waals surface area contributed by atoms with Gasteiger partial charge < -0.3 is 15.6 Å². The second-order valence-corrected chi connectivity index (χ2v) is 5.48. The van der Waals surface area contributed by atoms with E-state index in [1.807, 2.05) is 12.1 Å². The first kappa shape index (κ1) is 14.2. The van der Waals surface area contributed by atoms with Crippen molar-refractivity contribution in [2.24, 2.45) is 11.7 Å². The molecule has 1 aromatic carbocycles. The predicted molar refractivity (Wildman–Crippen MR) is 76.3 cm³/mol. The van der Waals surface area contributed by atoms with E-state index in [0.717, 1.165) is 31.0 Å². The Morgan fingerprint density at radius 3 is 2.89 bits per heavy atom. The first-order chi connectivity index (χ1) is 9.13. The highest BCUT2D eigenvalue weighted by atomic mass is 16.5. The Hall–Kier alpha value is -1.26. The zero-order chi connectivity index (χ0) is 13.8. The van der Waals surface area contributed by atoms with Crippen LogP contribution in [0.3, 0.4) is 0 Å². The lowest BCUT2D eigenvalue weighted by atomic mass is 9.92. The molecule has 1 fully saturated rings. The van der Waals surface area contributed by atoms with Crippen LogP contribution in [0.1, 0.15) is 25.3 Å². The molecule has 0 bridgehead atoms. The molecule has 0 aromatic heterocycles. The van der Waals surface area contributed by atoms with Gasteiger partial charge in [0, 0.05) is 30.8 Å². The predicted octanol–water partition coefficient (Wildman–Crippen LogP) is 1.96. The summed E-state index contributed by atoms with van der Waals surface area (Å²) in [4.78, 5) is 2.38. The summed E-state index contributed by atoms with van der Waals surface area (Å²) >= 11 is 0. The molecule has 1 aliphatic heterocycles. The van der Waals surface area contributed by atoms with Crippen LogP contribution in [0.15, 0.2) is 18.2 Å². The summed E-state index contributed by atoms with van der Waals surface area (Å²) in [5.41, 5.74) is 6.81. The van der Waals surface area contributed by atoms with E-state index in [-0.39, 0.29) is 0 Å². The fraction of sp³-hybridized carbons (Fsp3) is 0.600. The van der Waals surface area contributed by atoms with Gasteiger partial charge in [-0.3, -0.25) is 4.90 Å². The molecule has 106 valence electrons. The van der Waals surface area contributed by atoms with Crippen LogP contribution in [-0.2, 0) is 6.54 Å². The summed E-state index contributed by atoms with van der Waals surface area (Å²) in [5, 5.41) is 10.0. The number of phenols is 1. The average Bonchev–Trinajstić information content (AvgIpc) is 2.42. The molecule has 1 aliphatic rings. The molecular weight excluding hydrogens is 240 g/mol. The molecule has 0 saturated carbocycles. The Kier molecular flexibility index (Phi) is 4.66. The fourth-order valence-electron chi connectivity index (χ4n) is 2.78. The van der Waals surface area contributed by atoms with Crippen LogP contribution in [0.2, 0.25) is 0 Å². The van der Waals surface area contributed by atoms with Crippen LogP contribution in [-0.4, -0.2) is 36.2 Å². The van der Waals surface area contributed by atoms with E-state index in [1.54, 1.807) is 13.2 Å². The van der Waals surface area contributed by atoms with Crippen molar-refractivity contribution < 1.29 is 9.84 Å². The summed E-state index contributed by atoms with van der Waals surface area (Å²) < 4.78 is 5.10. The number of methoxy groups -OCH3 is 1. The van der Waals surface area contributed by atoms with Gasteiger partial charge in [0.25, 0.3) is 0 Å². The number of likely N-dealkylation sites (tertiary alicyclic amines) is 1. The summed E-state index contributed by atoms with van der Waals surface area (Å²) in [6, 6.07) is 5.91. The lowest BCUT2D eigenvalue weighted by Crippen LogP contribution is -2.45. The highest BCUT2D eigenvalue weighted by molar-refractivity contribution is 5.39. The molecule has 4 nitrogen and oxygen atoms in total. The van der Waals surface area contributed by atoms with Crippen LogP contribution >= 0.6 is 0 Å². The van der Waals surface area contributed by atoms with Gasteiger partial charge in [-0.2, -0.15) is 0 Å². The van der Waals surface area contributed by atoms with Crippen molar-refractivity contribution in [3.63, 3.8) is 0 Å². The van der Waals surface area contributed by atoms with Crippen molar-refractivity contribution in [3.05, 3.63) is 23.8 Å². The van der Waals surface area contributed by atoms with Crippen LogP contribution in [0.4, 0.5) is 0 Å². The normalized spacial score (nSPS) is 24.4. The fourth-order valence-corrected chi connectivity index (χ4v) is 2.78. The minimum absolute atomic E-state index is 0.300. The van der Waals surface area contributed by atoms with Gasteiger partial charge >= 0.3 is 0 Å². The van der Waals surface area contributed by atoms with E-state index in [2.05, 4.69) is 11.8 Å². The molecule has 1 heterocycles. The Morgan fingerprint density at radius 1 is 1.47 bits per heavy atom. The Morgan fingerprint density at radius 2 is 2.26 bits per heavy atom. The number of hydrogen-bond donors (Lipinski definition) is 2. The number of piperidine rings is 1. The van der Waals surface area contributed by atoms with E-state index in [0.29, 0.717) is 24.1 Å². The minimum atomic E-state index is 0.300. The highest BCUT2D eigenvalue weighted by Gasteiger charge is 2.25. The lowest BCUT2D eigenvalue weighted by Gasteiger charge is -2.38. The molecule has 4 heteroatoms. The summed E-state index contributed by atoms with van der Waals surface area (Å²) in [5.74, 6) is 1.73. The van der Waals surface area contributed by atoms with Gasteiger partial charge in [0.15, 0.2) is 0 Å². The smallest absolute Gasteiger partial charge is 0.123 e. The summed E-state index contributed by atoms with van der Waals surface area (Å²) in [7, 11) is 1.60. The number of hydrogen-bond acceptors (Lipinski definition) is 4. The van der Waals surface area contributed by atoms with Gasteiger partial charge in [-0.25, -0.2) is 0 Å². The second kappa shape index (κ2) is 6.26. The van der Waals surface area contributed by atoms with Gasteiger partial charge in [0.1, 0.15) is 11.5 Å². The van der Waals surface area contributed by atoms with Gasteiger partial charge in [-0.1, -0.05) is 13.0 Å². The van der Waals surface area contributed by atoms with Crippen molar-refractivity contribution in [1.82, 2.24) is 4.90 Å². The second-order valence-electron chi connectivity index (χ2n) is 5.48. The van der Waals surface area contributed by atoms with Crippen molar-refractivity contribution in [2.75, 3.05) is 20.2 Å². The van der Waals surface area contributed by atoms with E-state index in [4.69, 9.17) is 10.5 Å². The lowest BCUT2D eigenvalue weighted by molar-refractivity contribution is 0.114. The maximum absolute atomic E-state index is 10.0. The minimum Gasteiger partial charge on any atom is -0.507 e. The molecular formula is C15H24N2O2. The number of benzene rings is 1. The van der Waals surface area contributed by atoms with Crippen molar-refractivity contribution >= 4 is 0 Å². The van der Waals surface area contributed by atoms with Crippen LogP contribution in [0.25, 0.3) is 0 Å². The number of ether oxygens (including phenoxy) is 1. The van der Waals surface area contributed by atoms with Gasteiger partial charge in [0.2, 0.25) is 0 Å². The molecule has 0 spiro atoms. The third-order valence-electron chi connectivity index (χ3n) is 4.04. The van der Waals surface area contributed by atoms with Crippen LogP contribution < -0.4 is 10.5 Å². The maximum atomic E-state index is 10.0. The van der Waals surface area contributed by atoms with Crippen LogP contribution in [0, 0.1) is 5.92 Å². The van der Waals surface area contributed by atoms with Gasteiger partial charge in [-0.05, 0) is 31.4 Å². The molecule has 0 radical (unpaired) electrons. The molecule has 0 amide bonds. The van der Waals surface area contributed by atoms with E-state index >= 15 is 0 Å². The van der Waals surface area contributed by atoms with Crippen molar-refractivity contribution in [1.29, 1.82) is 0 Å². The van der Waals surface area contributed by atoms with Gasteiger partial charge in [0.05, 0.1) is 7.11 Å². The molecule has 3 N–H and O–H groups in total. The molecule has 2 unspecified atom stereocenters.